The summed E-state index contributed by atoms with van der Waals surface area (Å²) in [7, 11) is 0. The van der Waals surface area contributed by atoms with Gasteiger partial charge in [0.1, 0.15) is 17.8 Å². The van der Waals surface area contributed by atoms with Gasteiger partial charge in [-0.2, -0.15) is 4.98 Å². The van der Waals surface area contributed by atoms with Gasteiger partial charge in [-0.1, -0.05) is 11.6 Å². The van der Waals surface area contributed by atoms with E-state index in [1.54, 1.807) is 24.4 Å². The van der Waals surface area contributed by atoms with Crippen LogP contribution in [-0.4, -0.2) is 54.3 Å². The van der Waals surface area contributed by atoms with Gasteiger partial charge in [-0.3, -0.25) is 9.78 Å². The third-order valence-corrected chi connectivity index (χ3v) is 6.49. The van der Waals surface area contributed by atoms with Crippen LogP contribution in [-0.2, 0) is 6.54 Å². The standard InChI is InChI=1S/C26H27ClN6O3/c1-16-6-10-28-18(12-16)14-33-22(19-5-4-17(13-20(19)27)24(35)29-9-3-11-34)32-21-23(33)30-15-31-25(21)36-26(2)7-8-26/h4-6,10,12-13,15,34H,3,7-9,11,14H2,1-2H3,(H,29,35). The molecule has 9 nitrogen and oxygen atoms in total. The third kappa shape index (κ3) is 5.03. The van der Waals surface area contributed by atoms with Gasteiger partial charge in [-0.25, -0.2) is 9.97 Å². The summed E-state index contributed by atoms with van der Waals surface area (Å²) >= 11 is 6.70. The van der Waals surface area contributed by atoms with Crippen LogP contribution in [0.1, 0.15) is 47.8 Å². The van der Waals surface area contributed by atoms with Crippen molar-refractivity contribution in [2.45, 2.75) is 45.3 Å². The average Bonchev–Trinajstić information content (AvgIpc) is 3.47. The maximum atomic E-state index is 12.5. The van der Waals surface area contributed by atoms with Crippen LogP contribution in [0, 0.1) is 6.92 Å². The van der Waals surface area contributed by atoms with E-state index in [9.17, 15) is 4.79 Å². The van der Waals surface area contributed by atoms with Crippen molar-refractivity contribution in [3.63, 3.8) is 0 Å². The van der Waals surface area contributed by atoms with Crippen molar-refractivity contribution >= 4 is 28.7 Å². The molecule has 4 aromatic rings. The van der Waals surface area contributed by atoms with E-state index in [4.69, 9.17) is 26.4 Å². The Bertz CT molecular complexity index is 1430. The Hall–Kier alpha value is -3.56. The number of ether oxygens (including phenoxy) is 1. The minimum absolute atomic E-state index is 0.0136. The van der Waals surface area contributed by atoms with Crippen molar-refractivity contribution in [1.29, 1.82) is 0 Å². The number of carbonyl (C=O) groups is 1. The Kier molecular flexibility index (Phi) is 6.59. The smallest absolute Gasteiger partial charge is 0.251 e. The molecule has 0 spiro atoms. The maximum absolute atomic E-state index is 12.5. The molecule has 0 atom stereocenters. The second-order valence-electron chi connectivity index (χ2n) is 9.28. The average molecular weight is 507 g/mol. The van der Waals surface area contributed by atoms with Crippen molar-refractivity contribution in [3.8, 4) is 17.3 Å². The first-order valence-electron chi connectivity index (χ1n) is 11.9. The number of rotatable bonds is 9. The largest absolute Gasteiger partial charge is 0.470 e. The molecule has 1 aliphatic carbocycles. The number of carbonyl (C=O) groups excluding carboxylic acids is 1. The highest BCUT2D eigenvalue weighted by Gasteiger charge is 2.41. The first kappa shape index (κ1) is 24.1. The van der Waals surface area contributed by atoms with E-state index in [1.165, 1.54) is 6.33 Å². The van der Waals surface area contributed by atoms with E-state index in [0.29, 0.717) is 58.5 Å². The molecule has 1 aromatic carbocycles. The summed E-state index contributed by atoms with van der Waals surface area (Å²) in [5, 5.41) is 12.1. The Morgan fingerprint density at radius 2 is 2.06 bits per heavy atom. The van der Waals surface area contributed by atoms with Crippen LogP contribution in [0.25, 0.3) is 22.6 Å². The zero-order valence-corrected chi connectivity index (χ0v) is 20.9. The third-order valence-electron chi connectivity index (χ3n) is 6.18. The molecule has 1 saturated carbocycles. The zero-order chi connectivity index (χ0) is 25.3. The minimum atomic E-state index is -0.256. The van der Waals surface area contributed by atoms with Crippen molar-refractivity contribution in [3.05, 3.63) is 64.7 Å². The molecule has 1 aliphatic rings. The molecular weight excluding hydrogens is 480 g/mol. The Balaban J connectivity index is 1.58. The number of benzene rings is 1. The van der Waals surface area contributed by atoms with Crippen molar-refractivity contribution in [1.82, 2.24) is 29.8 Å². The molecule has 0 unspecified atom stereocenters. The molecule has 1 fully saturated rings. The van der Waals surface area contributed by atoms with Gasteiger partial charge in [-0.05, 0) is 69.0 Å². The van der Waals surface area contributed by atoms with Crippen LogP contribution in [0.3, 0.4) is 0 Å². The summed E-state index contributed by atoms with van der Waals surface area (Å²) in [6, 6.07) is 9.07. The van der Waals surface area contributed by atoms with E-state index >= 15 is 0 Å². The topological polar surface area (TPSA) is 115 Å². The molecule has 3 aromatic heterocycles. The predicted molar refractivity (Wildman–Crippen MR) is 136 cm³/mol. The van der Waals surface area contributed by atoms with Crippen LogP contribution >= 0.6 is 11.6 Å². The Morgan fingerprint density at radius 3 is 2.78 bits per heavy atom. The van der Waals surface area contributed by atoms with E-state index < -0.39 is 0 Å². The van der Waals surface area contributed by atoms with E-state index in [2.05, 4.69) is 27.2 Å². The lowest BCUT2D eigenvalue weighted by molar-refractivity contribution is 0.0951. The van der Waals surface area contributed by atoms with Crippen LogP contribution in [0.2, 0.25) is 5.02 Å². The fraction of sp³-hybridized carbons (Fsp3) is 0.346. The molecule has 36 heavy (non-hydrogen) atoms. The van der Waals surface area contributed by atoms with Gasteiger partial charge in [0.15, 0.2) is 11.2 Å². The molecule has 0 radical (unpaired) electrons. The number of halogens is 1. The number of aliphatic hydroxyl groups is 1. The normalized spacial score (nSPS) is 14.1. The molecule has 0 bridgehead atoms. The highest BCUT2D eigenvalue weighted by Crippen LogP contribution is 2.41. The van der Waals surface area contributed by atoms with Crippen molar-refractivity contribution in [2.75, 3.05) is 13.2 Å². The molecule has 1 amide bonds. The number of aromatic nitrogens is 5. The molecule has 186 valence electrons. The van der Waals surface area contributed by atoms with Crippen LogP contribution in [0.15, 0.2) is 42.9 Å². The van der Waals surface area contributed by atoms with Gasteiger partial charge in [-0.15, -0.1) is 0 Å². The number of aryl methyl sites for hydroxylation is 1. The fourth-order valence-electron chi connectivity index (χ4n) is 3.93. The summed E-state index contributed by atoms with van der Waals surface area (Å²) in [6.07, 6.45) is 5.67. The number of hydrogen-bond acceptors (Lipinski definition) is 7. The number of amides is 1. The SMILES string of the molecule is Cc1ccnc(Cn2c(-c3ccc(C(=O)NCCCO)cc3Cl)nc3c(OC4(C)CC4)ncnc32)c1. The monoisotopic (exact) mass is 506 g/mol. The lowest BCUT2D eigenvalue weighted by Crippen LogP contribution is -2.25. The molecule has 5 rings (SSSR count). The second-order valence-corrected chi connectivity index (χ2v) is 9.68. The first-order chi connectivity index (χ1) is 17.4. The van der Waals surface area contributed by atoms with Gasteiger partial charge in [0.2, 0.25) is 5.88 Å². The maximum Gasteiger partial charge on any atom is 0.251 e. The summed E-state index contributed by atoms with van der Waals surface area (Å²) in [6.45, 7) is 4.88. The quantitative estimate of drug-likeness (QED) is 0.330. The molecule has 10 heteroatoms. The van der Waals surface area contributed by atoms with E-state index in [0.717, 1.165) is 24.1 Å². The fourth-order valence-corrected chi connectivity index (χ4v) is 4.19. The Labute approximate surface area is 213 Å². The summed E-state index contributed by atoms with van der Waals surface area (Å²) < 4.78 is 8.13. The lowest BCUT2D eigenvalue weighted by Gasteiger charge is -2.12. The summed E-state index contributed by atoms with van der Waals surface area (Å²) in [4.78, 5) is 30.8. The first-order valence-corrected chi connectivity index (χ1v) is 12.3. The van der Waals surface area contributed by atoms with Crippen molar-refractivity contribution < 1.29 is 14.6 Å². The lowest BCUT2D eigenvalue weighted by atomic mass is 10.1. The highest BCUT2D eigenvalue weighted by atomic mass is 35.5. The zero-order valence-electron chi connectivity index (χ0n) is 20.2. The van der Waals surface area contributed by atoms with Crippen molar-refractivity contribution in [2.24, 2.45) is 0 Å². The molecule has 0 saturated heterocycles. The molecule has 2 N–H and O–H groups in total. The number of pyridine rings is 1. The molecule has 3 heterocycles. The van der Waals surface area contributed by atoms with Gasteiger partial charge < -0.3 is 19.7 Å². The van der Waals surface area contributed by atoms with Gasteiger partial charge in [0, 0.05) is 30.5 Å². The molecular formula is C26H27ClN6O3. The summed E-state index contributed by atoms with van der Waals surface area (Å²) in [5.74, 6) is 0.763. The van der Waals surface area contributed by atoms with Gasteiger partial charge in [0.05, 0.1) is 17.3 Å². The highest BCUT2D eigenvalue weighted by molar-refractivity contribution is 6.33. The molecule has 0 aliphatic heterocycles. The second kappa shape index (κ2) is 9.83. The number of nitrogens with zero attached hydrogens (tertiary/aromatic N) is 5. The number of imidazole rings is 1. The van der Waals surface area contributed by atoms with Gasteiger partial charge >= 0.3 is 0 Å². The predicted octanol–water partition coefficient (Wildman–Crippen LogP) is 3.94. The Morgan fingerprint density at radius 1 is 1.22 bits per heavy atom. The number of nitrogens with one attached hydrogen (secondary N) is 1. The van der Waals surface area contributed by atoms with Crippen LogP contribution in [0.5, 0.6) is 5.88 Å². The van der Waals surface area contributed by atoms with E-state index in [1.807, 2.05) is 23.6 Å². The van der Waals surface area contributed by atoms with E-state index in [-0.39, 0.29) is 18.1 Å². The number of aliphatic hydroxyl groups excluding tert-OH is 1. The van der Waals surface area contributed by atoms with Crippen LogP contribution < -0.4 is 10.1 Å². The minimum Gasteiger partial charge on any atom is -0.470 e. The summed E-state index contributed by atoms with van der Waals surface area (Å²) in [5.41, 5.74) is 3.96. The number of fused-ring (bicyclic) bond motifs is 1. The number of hydrogen-bond donors (Lipinski definition) is 2. The van der Waals surface area contributed by atoms with Gasteiger partial charge in [0.25, 0.3) is 5.91 Å². The van der Waals surface area contributed by atoms with Crippen LogP contribution in [0.4, 0.5) is 0 Å².